The number of thiophene rings is 1. The van der Waals surface area contributed by atoms with Gasteiger partial charge in [-0.2, -0.15) is 11.3 Å². The second-order valence-electron chi connectivity index (χ2n) is 5.18. The summed E-state index contributed by atoms with van der Waals surface area (Å²) in [5.74, 6) is 0.176. The number of fused-ring (bicyclic) bond motifs is 2. The molecule has 18 heavy (non-hydrogen) atoms. The van der Waals surface area contributed by atoms with Gasteiger partial charge < -0.3 is 10.6 Å². The SMILES string of the molecule is Cl.O=C(Cc1ccsc1)NC1CC2CCC(C1)N2. The molecule has 5 heteroatoms. The van der Waals surface area contributed by atoms with Crippen LogP contribution in [-0.2, 0) is 11.2 Å². The van der Waals surface area contributed by atoms with E-state index in [1.54, 1.807) is 11.3 Å². The summed E-state index contributed by atoms with van der Waals surface area (Å²) in [5, 5.41) is 10.8. The van der Waals surface area contributed by atoms with E-state index in [1.807, 2.05) is 16.8 Å². The Kier molecular flexibility index (Phi) is 4.65. The zero-order valence-corrected chi connectivity index (χ0v) is 11.9. The molecule has 3 heterocycles. The monoisotopic (exact) mass is 286 g/mol. The van der Waals surface area contributed by atoms with E-state index >= 15 is 0 Å². The topological polar surface area (TPSA) is 41.1 Å². The Balaban J connectivity index is 0.00000120. The molecule has 2 aliphatic heterocycles. The Morgan fingerprint density at radius 1 is 1.39 bits per heavy atom. The molecule has 2 atom stereocenters. The molecule has 0 spiro atoms. The van der Waals surface area contributed by atoms with Crippen molar-refractivity contribution in [3.05, 3.63) is 22.4 Å². The number of halogens is 1. The van der Waals surface area contributed by atoms with Crippen LogP contribution in [0.4, 0.5) is 0 Å². The summed E-state index contributed by atoms with van der Waals surface area (Å²) >= 11 is 1.65. The molecule has 2 saturated heterocycles. The van der Waals surface area contributed by atoms with E-state index in [-0.39, 0.29) is 18.3 Å². The van der Waals surface area contributed by atoms with Crippen LogP contribution in [0.1, 0.15) is 31.2 Å². The Morgan fingerprint density at radius 3 is 2.72 bits per heavy atom. The number of nitrogens with one attached hydrogen (secondary N) is 2. The summed E-state index contributed by atoms with van der Waals surface area (Å²) < 4.78 is 0. The van der Waals surface area contributed by atoms with E-state index in [9.17, 15) is 4.79 Å². The van der Waals surface area contributed by atoms with Gasteiger partial charge in [0.2, 0.25) is 5.91 Å². The van der Waals surface area contributed by atoms with Crippen molar-refractivity contribution in [2.24, 2.45) is 0 Å². The van der Waals surface area contributed by atoms with Gasteiger partial charge in [-0.15, -0.1) is 12.4 Å². The number of hydrogen-bond donors (Lipinski definition) is 2. The average Bonchev–Trinajstić information content (AvgIpc) is 2.89. The highest BCUT2D eigenvalue weighted by Crippen LogP contribution is 2.26. The number of carbonyl (C=O) groups excluding carboxylic acids is 1. The second kappa shape index (κ2) is 6.04. The standard InChI is InChI=1S/C13H18N2OS.ClH/c16-13(5-9-3-4-17-8-9)15-12-6-10-1-2-11(7-12)14-10;/h3-4,8,10-12,14H,1-2,5-7H2,(H,15,16);1H. The number of rotatable bonds is 3. The van der Waals surface area contributed by atoms with Crippen LogP contribution in [-0.4, -0.2) is 24.0 Å². The highest BCUT2D eigenvalue weighted by atomic mass is 35.5. The van der Waals surface area contributed by atoms with Gasteiger partial charge in [0.25, 0.3) is 0 Å². The van der Waals surface area contributed by atoms with Crippen molar-refractivity contribution >= 4 is 29.7 Å². The lowest BCUT2D eigenvalue weighted by atomic mass is 9.99. The molecule has 100 valence electrons. The molecule has 0 aromatic carbocycles. The van der Waals surface area contributed by atoms with Crippen LogP contribution < -0.4 is 10.6 Å². The molecule has 3 rings (SSSR count). The lowest BCUT2D eigenvalue weighted by molar-refractivity contribution is -0.121. The summed E-state index contributed by atoms with van der Waals surface area (Å²) in [5.41, 5.74) is 1.13. The summed E-state index contributed by atoms with van der Waals surface area (Å²) in [6.07, 6.45) is 5.30. The maximum atomic E-state index is 11.9. The van der Waals surface area contributed by atoms with Gasteiger partial charge in [0.1, 0.15) is 0 Å². The van der Waals surface area contributed by atoms with Gasteiger partial charge in [-0.25, -0.2) is 0 Å². The molecule has 2 unspecified atom stereocenters. The van der Waals surface area contributed by atoms with E-state index in [2.05, 4.69) is 10.6 Å². The van der Waals surface area contributed by atoms with Gasteiger partial charge in [0.15, 0.2) is 0 Å². The largest absolute Gasteiger partial charge is 0.353 e. The van der Waals surface area contributed by atoms with Gasteiger partial charge in [0.05, 0.1) is 6.42 Å². The molecule has 2 bridgehead atoms. The molecule has 0 saturated carbocycles. The Hall–Kier alpha value is -0.580. The molecule has 1 aromatic heterocycles. The molecule has 3 nitrogen and oxygen atoms in total. The van der Waals surface area contributed by atoms with Crippen molar-refractivity contribution in [1.82, 2.24) is 10.6 Å². The maximum Gasteiger partial charge on any atom is 0.224 e. The lowest BCUT2D eigenvalue weighted by Crippen LogP contribution is -2.48. The maximum absolute atomic E-state index is 11.9. The van der Waals surface area contributed by atoms with E-state index in [0.29, 0.717) is 24.5 Å². The first-order chi connectivity index (χ1) is 8.29. The van der Waals surface area contributed by atoms with Gasteiger partial charge in [-0.3, -0.25) is 4.79 Å². The Labute approximate surface area is 118 Å². The molecule has 2 aliphatic rings. The van der Waals surface area contributed by atoms with Gasteiger partial charge in [-0.1, -0.05) is 0 Å². The number of piperidine rings is 1. The Bertz CT molecular complexity index is 384. The minimum absolute atomic E-state index is 0. The molecule has 2 fully saturated rings. The van der Waals surface area contributed by atoms with Crippen molar-refractivity contribution in [3.8, 4) is 0 Å². The molecule has 2 N–H and O–H groups in total. The van der Waals surface area contributed by atoms with Gasteiger partial charge in [0, 0.05) is 18.1 Å². The van der Waals surface area contributed by atoms with Crippen LogP contribution in [0.15, 0.2) is 16.8 Å². The van der Waals surface area contributed by atoms with Crippen molar-refractivity contribution in [3.63, 3.8) is 0 Å². The highest BCUT2D eigenvalue weighted by Gasteiger charge is 2.33. The molecule has 1 amide bonds. The number of amides is 1. The van der Waals surface area contributed by atoms with Crippen LogP contribution in [0.25, 0.3) is 0 Å². The van der Waals surface area contributed by atoms with E-state index in [0.717, 1.165) is 18.4 Å². The summed E-state index contributed by atoms with van der Waals surface area (Å²) in [6, 6.07) is 3.69. The predicted octanol–water partition coefficient (Wildman–Crippen LogP) is 2.11. The van der Waals surface area contributed by atoms with Crippen LogP contribution in [0.2, 0.25) is 0 Å². The van der Waals surface area contributed by atoms with Crippen molar-refractivity contribution in [2.45, 2.75) is 50.2 Å². The molecular weight excluding hydrogens is 268 g/mol. The molecular formula is C13H19ClN2OS. The third-order valence-corrected chi connectivity index (χ3v) is 4.52. The highest BCUT2D eigenvalue weighted by molar-refractivity contribution is 7.07. The van der Waals surface area contributed by atoms with Crippen LogP contribution >= 0.6 is 23.7 Å². The zero-order chi connectivity index (χ0) is 11.7. The Morgan fingerprint density at radius 2 is 2.11 bits per heavy atom. The van der Waals surface area contributed by atoms with Crippen molar-refractivity contribution in [2.75, 3.05) is 0 Å². The van der Waals surface area contributed by atoms with E-state index in [4.69, 9.17) is 0 Å². The summed E-state index contributed by atoms with van der Waals surface area (Å²) in [7, 11) is 0. The molecule has 1 aromatic rings. The minimum atomic E-state index is 0. The van der Waals surface area contributed by atoms with Gasteiger partial charge in [-0.05, 0) is 48.1 Å². The van der Waals surface area contributed by atoms with Crippen LogP contribution in [0.5, 0.6) is 0 Å². The normalized spacial score (nSPS) is 29.7. The molecule has 0 radical (unpaired) electrons. The first-order valence-electron chi connectivity index (χ1n) is 6.36. The average molecular weight is 287 g/mol. The van der Waals surface area contributed by atoms with Crippen molar-refractivity contribution < 1.29 is 4.79 Å². The fourth-order valence-electron chi connectivity index (χ4n) is 3.03. The minimum Gasteiger partial charge on any atom is -0.353 e. The van der Waals surface area contributed by atoms with Gasteiger partial charge >= 0.3 is 0 Å². The number of carbonyl (C=O) groups is 1. The number of hydrogen-bond acceptors (Lipinski definition) is 3. The summed E-state index contributed by atoms with van der Waals surface area (Å²) in [6.45, 7) is 0. The third-order valence-electron chi connectivity index (χ3n) is 3.78. The van der Waals surface area contributed by atoms with E-state index < -0.39 is 0 Å². The lowest BCUT2D eigenvalue weighted by Gasteiger charge is -2.29. The first kappa shape index (κ1) is 13.8. The second-order valence-corrected chi connectivity index (χ2v) is 5.96. The van der Waals surface area contributed by atoms with Crippen LogP contribution in [0, 0.1) is 0 Å². The van der Waals surface area contributed by atoms with Crippen LogP contribution in [0.3, 0.4) is 0 Å². The smallest absolute Gasteiger partial charge is 0.224 e. The molecule has 0 aliphatic carbocycles. The fourth-order valence-corrected chi connectivity index (χ4v) is 3.70. The predicted molar refractivity (Wildman–Crippen MR) is 76.4 cm³/mol. The van der Waals surface area contributed by atoms with E-state index in [1.165, 1.54) is 12.8 Å². The summed E-state index contributed by atoms with van der Waals surface area (Å²) in [4.78, 5) is 11.9. The van der Waals surface area contributed by atoms with Crippen molar-refractivity contribution in [1.29, 1.82) is 0 Å². The first-order valence-corrected chi connectivity index (χ1v) is 7.30. The fraction of sp³-hybridized carbons (Fsp3) is 0.615. The zero-order valence-electron chi connectivity index (χ0n) is 10.2. The third kappa shape index (κ3) is 3.25. The quantitative estimate of drug-likeness (QED) is 0.894.